The summed E-state index contributed by atoms with van der Waals surface area (Å²) in [5, 5.41) is 15.5. The van der Waals surface area contributed by atoms with E-state index in [9.17, 15) is 0 Å². The fourth-order valence-electron chi connectivity index (χ4n) is 10.5. The van der Waals surface area contributed by atoms with Crippen LogP contribution in [-0.2, 0) is 0 Å². The van der Waals surface area contributed by atoms with E-state index in [1.54, 1.807) is 0 Å². The third-order valence-electron chi connectivity index (χ3n) is 13.4. The van der Waals surface area contributed by atoms with Crippen LogP contribution in [0.4, 0.5) is 0 Å². The average Bonchev–Trinajstić information content (AvgIpc) is 3.85. The Kier molecular flexibility index (Phi) is 7.36. The number of hydrogen-bond acceptors (Lipinski definition) is 2. The molecule has 11 aromatic carbocycles. The van der Waals surface area contributed by atoms with E-state index in [2.05, 4.69) is 228 Å². The smallest absolute Gasteiger partial charge is 0.160 e. The molecule has 0 fully saturated rings. The first-order chi connectivity index (χ1) is 31.7. The molecular weight excluding hydrogens is 777 g/mol. The summed E-state index contributed by atoms with van der Waals surface area (Å²) >= 11 is 0. The molecule has 0 N–H and O–H groups in total. The number of hydrogen-bond donors (Lipinski definition) is 0. The van der Waals surface area contributed by atoms with Crippen molar-refractivity contribution in [1.82, 2.24) is 19.1 Å². The average molecular weight is 813 g/mol. The van der Waals surface area contributed by atoms with Crippen LogP contribution in [0.5, 0.6) is 0 Å². The van der Waals surface area contributed by atoms with Crippen LogP contribution in [0.15, 0.2) is 218 Å². The molecule has 3 heterocycles. The number of rotatable bonds is 4. The normalized spacial score (nSPS) is 12.1. The van der Waals surface area contributed by atoms with E-state index in [1.165, 1.54) is 64.9 Å². The fraction of sp³-hybridized carbons (Fsp3) is 0. The number of fused-ring (bicyclic) bond motifs is 11. The van der Waals surface area contributed by atoms with Gasteiger partial charge in [-0.05, 0) is 98.4 Å². The quantitative estimate of drug-likeness (QED) is 0.177. The Morgan fingerprint density at radius 2 is 0.859 bits per heavy atom. The van der Waals surface area contributed by atoms with Gasteiger partial charge in [-0.3, -0.25) is 0 Å². The van der Waals surface area contributed by atoms with Gasteiger partial charge in [0, 0.05) is 43.4 Å². The van der Waals surface area contributed by atoms with Crippen molar-refractivity contribution in [3.05, 3.63) is 218 Å². The van der Waals surface area contributed by atoms with Crippen molar-refractivity contribution >= 4 is 97.6 Å². The maximum atomic E-state index is 5.41. The number of nitrogens with zero attached hydrogens (tertiary/aromatic N) is 4. The molecule has 0 atom stereocenters. The lowest BCUT2D eigenvalue weighted by molar-refractivity contribution is 1.18. The van der Waals surface area contributed by atoms with Gasteiger partial charge in [0.2, 0.25) is 0 Å². The van der Waals surface area contributed by atoms with Crippen molar-refractivity contribution in [3.8, 4) is 34.0 Å². The molecule has 14 aromatic rings. The molecular formula is C60H36N4. The number of benzene rings is 11. The molecule has 296 valence electrons. The van der Waals surface area contributed by atoms with Gasteiger partial charge in [-0.1, -0.05) is 158 Å². The Morgan fingerprint density at radius 1 is 0.297 bits per heavy atom. The molecule has 0 amide bonds. The van der Waals surface area contributed by atoms with Crippen molar-refractivity contribution < 1.29 is 0 Å². The van der Waals surface area contributed by atoms with Crippen LogP contribution in [0.3, 0.4) is 0 Å². The van der Waals surface area contributed by atoms with Gasteiger partial charge in [0.15, 0.2) is 5.82 Å². The Labute approximate surface area is 367 Å². The minimum absolute atomic E-state index is 0.715. The summed E-state index contributed by atoms with van der Waals surface area (Å²) in [6, 6.07) is 79.4. The number of aromatic nitrogens is 4. The monoisotopic (exact) mass is 812 g/mol. The molecule has 4 heteroatoms. The molecule has 0 radical (unpaired) electrons. The van der Waals surface area contributed by atoms with E-state index in [0.29, 0.717) is 5.82 Å². The highest BCUT2D eigenvalue weighted by Crippen LogP contribution is 2.44. The largest absolute Gasteiger partial charge is 0.309 e. The second kappa shape index (κ2) is 13.4. The van der Waals surface area contributed by atoms with Gasteiger partial charge in [0.1, 0.15) is 0 Å². The maximum Gasteiger partial charge on any atom is 0.160 e. The lowest BCUT2D eigenvalue weighted by atomic mass is 9.97. The van der Waals surface area contributed by atoms with E-state index in [4.69, 9.17) is 9.97 Å². The minimum Gasteiger partial charge on any atom is -0.309 e. The van der Waals surface area contributed by atoms with Crippen molar-refractivity contribution in [1.29, 1.82) is 0 Å². The highest BCUT2D eigenvalue weighted by Gasteiger charge is 2.23. The third-order valence-corrected chi connectivity index (χ3v) is 13.4. The van der Waals surface area contributed by atoms with Gasteiger partial charge >= 0.3 is 0 Å². The van der Waals surface area contributed by atoms with Crippen molar-refractivity contribution in [2.75, 3.05) is 0 Å². The molecule has 0 aliphatic carbocycles. The van der Waals surface area contributed by atoms with Gasteiger partial charge in [-0.25, -0.2) is 9.97 Å². The summed E-state index contributed by atoms with van der Waals surface area (Å²) < 4.78 is 4.99. The van der Waals surface area contributed by atoms with E-state index in [0.717, 1.165) is 60.9 Å². The highest BCUT2D eigenvalue weighted by atomic mass is 15.0. The lowest BCUT2D eigenvalue weighted by Crippen LogP contribution is -1.99. The Hall–Kier alpha value is -8.60. The molecule has 4 nitrogen and oxygen atoms in total. The van der Waals surface area contributed by atoms with Gasteiger partial charge in [0.05, 0.1) is 44.7 Å². The van der Waals surface area contributed by atoms with Crippen molar-refractivity contribution in [3.63, 3.8) is 0 Å². The van der Waals surface area contributed by atoms with Crippen LogP contribution in [0.2, 0.25) is 0 Å². The SMILES string of the molecule is c1ccc2cc(-c3nc(-c4ccc(-n5c6cc7ccccc7cc6c6c(-n7c8ccccc8c8cc9ccccc9cc87)cccc65)c5ccccc45)c4ccccc4n3)ccc2c1. The predicted molar refractivity (Wildman–Crippen MR) is 269 cm³/mol. The van der Waals surface area contributed by atoms with E-state index < -0.39 is 0 Å². The zero-order valence-electron chi connectivity index (χ0n) is 34.6. The fourth-order valence-corrected chi connectivity index (χ4v) is 10.5. The molecule has 0 spiro atoms. The zero-order chi connectivity index (χ0) is 41.9. The molecule has 0 aliphatic rings. The van der Waals surface area contributed by atoms with E-state index in [-0.39, 0.29) is 0 Å². The van der Waals surface area contributed by atoms with Crippen LogP contribution in [-0.4, -0.2) is 19.1 Å². The first-order valence-corrected chi connectivity index (χ1v) is 21.9. The van der Waals surface area contributed by atoms with Crippen LogP contribution in [0.1, 0.15) is 0 Å². The minimum atomic E-state index is 0.715. The van der Waals surface area contributed by atoms with E-state index >= 15 is 0 Å². The zero-order valence-corrected chi connectivity index (χ0v) is 34.6. The van der Waals surface area contributed by atoms with Crippen LogP contribution < -0.4 is 0 Å². The summed E-state index contributed by atoms with van der Waals surface area (Å²) in [6.45, 7) is 0. The molecule has 14 rings (SSSR count). The summed E-state index contributed by atoms with van der Waals surface area (Å²) in [5.41, 5.74) is 10.9. The molecule has 0 saturated heterocycles. The second-order valence-corrected chi connectivity index (χ2v) is 16.9. The summed E-state index contributed by atoms with van der Waals surface area (Å²) in [5.74, 6) is 0.715. The van der Waals surface area contributed by atoms with E-state index in [1.807, 2.05) is 0 Å². The first kappa shape index (κ1) is 35.0. The van der Waals surface area contributed by atoms with Crippen molar-refractivity contribution in [2.24, 2.45) is 0 Å². The predicted octanol–water partition coefficient (Wildman–Crippen LogP) is 15.8. The highest BCUT2D eigenvalue weighted by molar-refractivity contribution is 6.20. The Bertz CT molecular complexity index is 4270. The summed E-state index contributed by atoms with van der Waals surface area (Å²) in [7, 11) is 0. The maximum absolute atomic E-state index is 5.41. The Morgan fingerprint density at radius 3 is 1.62 bits per heavy atom. The first-order valence-electron chi connectivity index (χ1n) is 21.9. The summed E-state index contributed by atoms with van der Waals surface area (Å²) in [6.07, 6.45) is 0. The molecule has 64 heavy (non-hydrogen) atoms. The van der Waals surface area contributed by atoms with Gasteiger partial charge < -0.3 is 9.13 Å². The van der Waals surface area contributed by atoms with Gasteiger partial charge in [-0.15, -0.1) is 0 Å². The van der Waals surface area contributed by atoms with Crippen LogP contribution in [0.25, 0.3) is 132 Å². The van der Waals surface area contributed by atoms with Crippen LogP contribution >= 0.6 is 0 Å². The topological polar surface area (TPSA) is 35.6 Å². The Balaban J connectivity index is 1.05. The molecule has 0 bridgehead atoms. The van der Waals surface area contributed by atoms with Crippen molar-refractivity contribution in [2.45, 2.75) is 0 Å². The van der Waals surface area contributed by atoms with Gasteiger partial charge in [-0.2, -0.15) is 0 Å². The molecule has 0 saturated carbocycles. The standard InChI is InChI=1S/C60H36N4/c1-2-15-38-32-43(29-28-37(38)14-1)60-61-51-24-11-9-23-48(51)59(62-60)47-30-31-53(45-21-8-7-20-44(45)47)64-55-27-13-26-54(58(55)50-34-40-17-4-6-19-42(40)36-57(50)64)63-52-25-12-10-22-46(52)49-33-39-16-3-5-18-41(39)35-56(49)63/h1-36H. The van der Waals surface area contributed by atoms with Gasteiger partial charge in [0.25, 0.3) is 0 Å². The second-order valence-electron chi connectivity index (χ2n) is 16.9. The van der Waals surface area contributed by atoms with Crippen LogP contribution in [0, 0.1) is 0 Å². The summed E-state index contributed by atoms with van der Waals surface area (Å²) in [4.78, 5) is 10.5. The lowest BCUT2D eigenvalue weighted by Gasteiger charge is -2.16. The molecule has 3 aromatic heterocycles. The number of para-hydroxylation sites is 2. The molecule has 0 aliphatic heterocycles. The third kappa shape index (κ3) is 5.11. The molecule has 0 unspecified atom stereocenters.